The third kappa shape index (κ3) is 3.29. The molecule has 22 heavy (non-hydrogen) atoms. The number of amides is 2. The molecule has 0 N–H and O–H groups in total. The van der Waals surface area contributed by atoms with Crippen molar-refractivity contribution in [2.24, 2.45) is 4.99 Å². The second kappa shape index (κ2) is 7.18. The van der Waals surface area contributed by atoms with Gasteiger partial charge in [0, 0.05) is 13.1 Å². The molecule has 120 valence electrons. The summed E-state index contributed by atoms with van der Waals surface area (Å²) in [4.78, 5) is 20.9. The second-order valence-electron chi connectivity index (χ2n) is 5.68. The van der Waals surface area contributed by atoms with Gasteiger partial charge in [-0.3, -0.25) is 14.8 Å². The number of thioether (sulfide) groups is 1. The van der Waals surface area contributed by atoms with Gasteiger partial charge >= 0.3 is 6.03 Å². The molecule has 1 aromatic rings. The van der Waals surface area contributed by atoms with Crippen LogP contribution in [-0.4, -0.2) is 35.1 Å². The molecule has 2 amide bonds. The number of hydrogen-bond acceptors (Lipinski definition) is 3. The van der Waals surface area contributed by atoms with Gasteiger partial charge in [0.2, 0.25) is 0 Å². The van der Waals surface area contributed by atoms with Gasteiger partial charge in [0.1, 0.15) is 0 Å². The van der Waals surface area contributed by atoms with Gasteiger partial charge in [-0.1, -0.05) is 43.8 Å². The normalized spacial score (nSPS) is 17.7. The highest BCUT2D eigenvalue weighted by Crippen LogP contribution is 2.32. The SMILES string of the molecule is CCc1cccc(CC)c1N1CSC(=NC(C)C)N(C)C1=O. The van der Waals surface area contributed by atoms with Crippen LogP contribution in [0.1, 0.15) is 38.8 Å². The minimum Gasteiger partial charge on any atom is -0.283 e. The predicted octanol–water partition coefficient (Wildman–Crippen LogP) is 4.14. The summed E-state index contributed by atoms with van der Waals surface area (Å²) < 4.78 is 0. The summed E-state index contributed by atoms with van der Waals surface area (Å²) in [6.45, 7) is 8.32. The number of nitrogens with zero attached hydrogens (tertiary/aromatic N) is 3. The van der Waals surface area contributed by atoms with E-state index < -0.39 is 0 Å². The first-order chi connectivity index (χ1) is 10.5. The number of urea groups is 1. The molecule has 1 heterocycles. The van der Waals surface area contributed by atoms with E-state index in [9.17, 15) is 4.79 Å². The largest absolute Gasteiger partial charge is 0.331 e. The van der Waals surface area contributed by atoms with Crippen LogP contribution < -0.4 is 4.90 Å². The Hall–Kier alpha value is -1.49. The quantitative estimate of drug-likeness (QED) is 0.836. The number of anilines is 1. The van der Waals surface area contributed by atoms with Crippen LogP contribution in [0.25, 0.3) is 0 Å². The number of benzene rings is 1. The van der Waals surface area contributed by atoms with E-state index in [0.29, 0.717) is 5.88 Å². The van der Waals surface area contributed by atoms with Crippen LogP contribution in [-0.2, 0) is 12.8 Å². The summed E-state index contributed by atoms with van der Waals surface area (Å²) in [6.07, 6.45) is 1.85. The lowest BCUT2D eigenvalue weighted by molar-refractivity contribution is 0.233. The predicted molar refractivity (Wildman–Crippen MR) is 95.9 cm³/mol. The molecule has 1 saturated heterocycles. The number of amidine groups is 1. The number of carbonyl (C=O) groups is 1. The number of rotatable bonds is 4. The van der Waals surface area contributed by atoms with E-state index in [1.54, 1.807) is 16.7 Å². The summed E-state index contributed by atoms with van der Waals surface area (Å²) in [7, 11) is 1.81. The summed E-state index contributed by atoms with van der Waals surface area (Å²) in [5, 5.41) is 0.809. The molecule has 0 spiro atoms. The molecule has 1 aliphatic heterocycles. The van der Waals surface area contributed by atoms with Crippen molar-refractivity contribution in [2.45, 2.75) is 46.6 Å². The van der Waals surface area contributed by atoms with Crippen LogP contribution in [0.2, 0.25) is 0 Å². The van der Waals surface area contributed by atoms with Crippen LogP contribution >= 0.6 is 11.8 Å². The maximum atomic E-state index is 12.8. The van der Waals surface area contributed by atoms with Crippen LogP contribution in [0.3, 0.4) is 0 Å². The zero-order valence-electron chi connectivity index (χ0n) is 14.1. The smallest absolute Gasteiger partial charge is 0.283 e. The van der Waals surface area contributed by atoms with E-state index in [2.05, 4.69) is 37.0 Å². The van der Waals surface area contributed by atoms with Gasteiger partial charge < -0.3 is 0 Å². The molecule has 0 aliphatic carbocycles. The molecule has 4 nitrogen and oxygen atoms in total. The Labute approximate surface area is 137 Å². The Balaban J connectivity index is 2.38. The van der Waals surface area contributed by atoms with Crippen LogP contribution in [0, 0.1) is 0 Å². The minimum absolute atomic E-state index is 0.00810. The average molecular weight is 319 g/mol. The maximum absolute atomic E-state index is 12.8. The molecule has 1 fully saturated rings. The Morgan fingerprint density at radius 2 is 1.82 bits per heavy atom. The molecular formula is C17H25N3OS. The zero-order valence-corrected chi connectivity index (χ0v) is 14.9. The number of aliphatic imine (C=N–C) groups is 1. The first-order valence-corrected chi connectivity index (χ1v) is 8.84. The van der Waals surface area contributed by atoms with E-state index >= 15 is 0 Å². The fraction of sp³-hybridized carbons (Fsp3) is 0.529. The first kappa shape index (κ1) is 16.9. The Morgan fingerprint density at radius 1 is 1.23 bits per heavy atom. The van der Waals surface area contributed by atoms with Crippen molar-refractivity contribution in [1.29, 1.82) is 0 Å². The van der Waals surface area contributed by atoms with E-state index in [1.165, 1.54) is 11.1 Å². The highest BCUT2D eigenvalue weighted by molar-refractivity contribution is 8.14. The Morgan fingerprint density at radius 3 is 2.32 bits per heavy atom. The lowest BCUT2D eigenvalue weighted by atomic mass is 10.0. The van der Waals surface area contributed by atoms with Gasteiger partial charge in [-0.15, -0.1) is 0 Å². The molecule has 2 rings (SSSR count). The minimum atomic E-state index is 0.00810. The zero-order chi connectivity index (χ0) is 16.3. The maximum Gasteiger partial charge on any atom is 0.331 e. The lowest BCUT2D eigenvalue weighted by Gasteiger charge is -2.35. The van der Waals surface area contributed by atoms with Crippen molar-refractivity contribution in [3.8, 4) is 0 Å². The van der Waals surface area contributed by atoms with Gasteiger partial charge in [-0.25, -0.2) is 4.79 Å². The van der Waals surface area contributed by atoms with E-state index in [4.69, 9.17) is 0 Å². The molecule has 0 saturated carbocycles. The van der Waals surface area contributed by atoms with Crippen LogP contribution in [0.5, 0.6) is 0 Å². The summed E-state index contributed by atoms with van der Waals surface area (Å²) in [5.41, 5.74) is 3.54. The third-order valence-corrected chi connectivity index (χ3v) is 4.76. The highest BCUT2D eigenvalue weighted by Gasteiger charge is 2.31. The summed E-state index contributed by atoms with van der Waals surface area (Å²) >= 11 is 1.63. The number of hydrogen-bond donors (Lipinski definition) is 0. The van der Waals surface area contributed by atoms with Crippen molar-refractivity contribution in [3.05, 3.63) is 29.3 Å². The topological polar surface area (TPSA) is 35.9 Å². The molecular weight excluding hydrogens is 294 g/mol. The molecule has 0 atom stereocenters. The van der Waals surface area contributed by atoms with Crippen molar-refractivity contribution in [2.75, 3.05) is 17.8 Å². The second-order valence-corrected chi connectivity index (χ2v) is 6.59. The standard InChI is InChI=1S/C17H25N3OS/c1-6-13-9-8-10-14(7-2)15(13)20-11-22-16(18-12(3)4)19(5)17(20)21/h8-10,12H,6-7,11H2,1-5H3. The Bertz CT molecular complexity index is 561. The Kier molecular flexibility index (Phi) is 5.51. The molecule has 0 bridgehead atoms. The van der Waals surface area contributed by atoms with Crippen molar-refractivity contribution in [3.63, 3.8) is 0 Å². The molecule has 0 unspecified atom stereocenters. The van der Waals surface area contributed by atoms with Gasteiger partial charge in [0.05, 0.1) is 11.6 Å². The fourth-order valence-electron chi connectivity index (χ4n) is 2.60. The number of para-hydroxylation sites is 1. The van der Waals surface area contributed by atoms with Crippen molar-refractivity contribution in [1.82, 2.24) is 4.90 Å². The molecule has 0 radical (unpaired) electrons. The van der Waals surface area contributed by atoms with Gasteiger partial charge in [-0.2, -0.15) is 0 Å². The monoisotopic (exact) mass is 319 g/mol. The van der Waals surface area contributed by atoms with Gasteiger partial charge in [0.25, 0.3) is 0 Å². The fourth-order valence-corrected chi connectivity index (χ4v) is 3.65. The summed E-state index contributed by atoms with van der Waals surface area (Å²) in [6, 6.07) is 6.51. The van der Waals surface area contributed by atoms with Gasteiger partial charge in [0.15, 0.2) is 5.17 Å². The van der Waals surface area contributed by atoms with E-state index in [-0.39, 0.29) is 12.1 Å². The molecule has 1 aliphatic rings. The molecule has 0 aromatic heterocycles. The van der Waals surface area contributed by atoms with Gasteiger partial charge in [-0.05, 0) is 37.8 Å². The number of carbonyl (C=O) groups excluding carboxylic acids is 1. The van der Waals surface area contributed by atoms with Crippen molar-refractivity contribution < 1.29 is 4.79 Å². The molecule has 5 heteroatoms. The van der Waals surface area contributed by atoms with Crippen LogP contribution in [0.15, 0.2) is 23.2 Å². The molecule has 1 aromatic carbocycles. The van der Waals surface area contributed by atoms with Crippen LogP contribution in [0.4, 0.5) is 10.5 Å². The highest BCUT2D eigenvalue weighted by atomic mass is 32.2. The summed E-state index contributed by atoms with van der Waals surface area (Å²) in [5.74, 6) is 0.624. The van der Waals surface area contributed by atoms with Crippen molar-refractivity contribution >= 4 is 28.6 Å². The lowest BCUT2D eigenvalue weighted by Crippen LogP contribution is -2.49. The third-order valence-electron chi connectivity index (χ3n) is 3.73. The average Bonchev–Trinajstić information content (AvgIpc) is 2.51. The van der Waals surface area contributed by atoms with E-state index in [0.717, 1.165) is 23.7 Å². The number of aryl methyl sites for hydroxylation is 2. The first-order valence-electron chi connectivity index (χ1n) is 7.86. The van der Waals surface area contributed by atoms with E-state index in [1.807, 2.05) is 25.8 Å².